The summed E-state index contributed by atoms with van der Waals surface area (Å²) in [5.41, 5.74) is 4.80. The number of carbonyl (C=O) groups excluding carboxylic acids is 2. The Kier molecular flexibility index (Phi) is 10.1. The van der Waals surface area contributed by atoms with E-state index in [1.807, 2.05) is 79.7 Å². The van der Waals surface area contributed by atoms with Crippen molar-refractivity contribution in [1.82, 2.24) is 15.1 Å². The molecule has 4 aromatic rings. The molecule has 9 nitrogen and oxygen atoms in total. The predicted octanol–water partition coefficient (Wildman–Crippen LogP) is 7.03. The maximum absolute atomic E-state index is 14.3. The van der Waals surface area contributed by atoms with Crippen molar-refractivity contribution < 1.29 is 19.1 Å². The highest BCUT2D eigenvalue weighted by Gasteiger charge is 2.33. The number of aryl methyl sites for hydroxylation is 1. The summed E-state index contributed by atoms with van der Waals surface area (Å²) in [4.78, 5) is 27.9. The summed E-state index contributed by atoms with van der Waals surface area (Å²) in [7, 11) is 3.18. The van der Waals surface area contributed by atoms with Crippen LogP contribution in [-0.2, 0) is 16.6 Å². The number of piperidine rings is 1. The minimum absolute atomic E-state index is 0.0698. The topological polar surface area (TPSA) is 107 Å². The van der Waals surface area contributed by atoms with Crippen molar-refractivity contribution >= 4 is 23.3 Å². The van der Waals surface area contributed by atoms with Gasteiger partial charge in [0.2, 0.25) is 0 Å². The van der Waals surface area contributed by atoms with Crippen molar-refractivity contribution in [2.45, 2.75) is 58.3 Å². The van der Waals surface area contributed by atoms with Gasteiger partial charge in [-0.15, -0.1) is 0 Å². The van der Waals surface area contributed by atoms with E-state index in [-0.39, 0.29) is 23.5 Å². The molecule has 0 spiro atoms. The Bertz CT molecular complexity index is 1670. The van der Waals surface area contributed by atoms with Crippen LogP contribution in [0.15, 0.2) is 72.8 Å². The van der Waals surface area contributed by atoms with E-state index < -0.39 is 11.9 Å². The van der Waals surface area contributed by atoms with Crippen molar-refractivity contribution in [3.63, 3.8) is 0 Å². The lowest BCUT2D eigenvalue weighted by molar-refractivity contribution is -0.121. The third kappa shape index (κ3) is 7.42. The zero-order valence-corrected chi connectivity index (χ0v) is 27.6. The zero-order valence-electron chi connectivity index (χ0n) is 27.6. The fraction of sp³-hybridized carbons (Fsp3) is 0.378. The number of rotatable bonds is 10. The van der Waals surface area contributed by atoms with E-state index in [1.54, 1.807) is 18.9 Å². The molecule has 1 aliphatic heterocycles. The highest BCUT2D eigenvalue weighted by molar-refractivity contribution is 6.01. The molecule has 0 bridgehead atoms. The second-order valence-corrected chi connectivity index (χ2v) is 12.9. The van der Waals surface area contributed by atoms with Gasteiger partial charge in [0.05, 0.1) is 25.6 Å². The van der Waals surface area contributed by atoms with Crippen LogP contribution in [0.4, 0.5) is 16.3 Å². The monoisotopic (exact) mass is 623 g/mol. The molecule has 3 N–H and O–H groups in total. The van der Waals surface area contributed by atoms with Crippen molar-refractivity contribution in [2.75, 3.05) is 37.9 Å². The van der Waals surface area contributed by atoms with Gasteiger partial charge in [0.15, 0.2) is 11.5 Å². The molecule has 1 aromatic heterocycles. The largest absolute Gasteiger partial charge is 0.493 e. The van der Waals surface area contributed by atoms with Crippen LogP contribution in [0.3, 0.4) is 0 Å². The van der Waals surface area contributed by atoms with Gasteiger partial charge in [0.25, 0.3) is 0 Å². The molecule has 46 heavy (non-hydrogen) atoms. The molecule has 1 aliphatic rings. The molecule has 1 atom stereocenters. The average molecular weight is 624 g/mol. The molecule has 3 aromatic carbocycles. The number of ketones is 1. The highest BCUT2D eigenvalue weighted by Crippen LogP contribution is 2.39. The van der Waals surface area contributed by atoms with Gasteiger partial charge in [-0.25, -0.2) is 9.48 Å². The fourth-order valence-corrected chi connectivity index (χ4v) is 6.13. The first kappa shape index (κ1) is 32.8. The molecule has 9 heteroatoms. The van der Waals surface area contributed by atoms with Gasteiger partial charge in [-0.2, -0.15) is 5.10 Å². The second kappa shape index (κ2) is 14.2. The Hall–Kier alpha value is -4.63. The maximum atomic E-state index is 14.3. The molecule has 0 saturated carbocycles. The normalized spacial score (nSPS) is 14.4. The number of amides is 2. The van der Waals surface area contributed by atoms with Crippen LogP contribution in [0.1, 0.15) is 61.9 Å². The van der Waals surface area contributed by atoms with Crippen LogP contribution >= 0.6 is 0 Å². The van der Waals surface area contributed by atoms with Crippen LogP contribution in [0.2, 0.25) is 0 Å². The number of para-hydroxylation sites is 2. The second-order valence-electron chi connectivity index (χ2n) is 12.9. The summed E-state index contributed by atoms with van der Waals surface area (Å²) in [6, 6.07) is 22.7. The molecular formula is C37H45N5O4. The van der Waals surface area contributed by atoms with Gasteiger partial charge in [-0.05, 0) is 68.6 Å². The Balaban J connectivity index is 1.45. The minimum atomic E-state index is -0.417. The van der Waals surface area contributed by atoms with E-state index in [2.05, 4.69) is 36.7 Å². The molecule has 1 saturated heterocycles. The molecule has 5 rings (SSSR count). The quantitative estimate of drug-likeness (QED) is 0.175. The molecule has 1 fully saturated rings. The average Bonchev–Trinajstić information content (AvgIpc) is 3.47. The molecule has 2 heterocycles. The standard InChI is InChI=1S/C37H45N5O4/c1-24-14-16-27(17-15-24)42-33(23-32(41-42)37(2,3)4)40-36(44)39-29-12-8-7-11-28(29)34(25-18-20-38-21-19-25)30(43)22-26-10-9-13-31(45-5)35(26)46-6/h7-17,23,25,34,38H,18-22H2,1-6H3,(H2,39,40,44). The summed E-state index contributed by atoms with van der Waals surface area (Å²) in [6.45, 7) is 9.99. The molecule has 242 valence electrons. The molecular weight excluding hydrogens is 578 g/mol. The number of benzene rings is 3. The zero-order chi connectivity index (χ0) is 32.8. The number of methoxy groups -OCH3 is 2. The van der Waals surface area contributed by atoms with Gasteiger partial charge >= 0.3 is 6.03 Å². The number of hydrogen-bond donors (Lipinski definition) is 3. The fourth-order valence-electron chi connectivity index (χ4n) is 6.13. The SMILES string of the molecule is COc1cccc(CC(=O)C(c2ccccc2NC(=O)Nc2cc(C(C)(C)C)nn2-c2ccc(C)cc2)C2CCNCC2)c1OC. The summed E-state index contributed by atoms with van der Waals surface area (Å²) in [6.07, 6.45) is 1.90. The van der Waals surface area contributed by atoms with Crippen molar-refractivity contribution in [1.29, 1.82) is 0 Å². The predicted molar refractivity (Wildman–Crippen MR) is 183 cm³/mol. The Morgan fingerprint density at radius 3 is 2.35 bits per heavy atom. The van der Waals surface area contributed by atoms with E-state index in [0.29, 0.717) is 23.0 Å². The van der Waals surface area contributed by atoms with Crippen molar-refractivity contribution in [3.8, 4) is 17.2 Å². The molecule has 2 amide bonds. The van der Waals surface area contributed by atoms with Crippen LogP contribution in [-0.4, -0.2) is 48.9 Å². The molecule has 0 radical (unpaired) electrons. The summed E-state index contributed by atoms with van der Waals surface area (Å²) in [5, 5.41) is 14.4. The van der Waals surface area contributed by atoms with Gasteiger partial charge in [0.1, 0.15) is 11.6 Å². The number of Topliss-reactive ketones (excluding diaryl/α,β-unsaturated/α-hetero) is 1. The Labute approximate surface area is 271 Å². The number of nitrogens with zero attached hydrogens (tertiary/aromatic N) is 2. The van der Waals surface area contributed by atoms with Crippen LogP contribution in [0.5, 0.6) is 11.5 Å². The Morgan fingerprint density at radius 1 is 0.957 bits per heavy atom. The summed E-state index contributed by atoms with van der Waals surface area (Å²) in [5.74, 6) is 1.48. The number of urea groups is 1. The highest BCUT2D eigenvalue weighted by atomic mass is 16.5. The third-order valence-electron chi connectivity index (χ3n) is 8.59. The first-order valence-corrected chi connectivity index (χ1v) is 15.9. The summed E-state index contributed by atoms with van der Waals surface area (Å²) < 4.78 is 12.9. The first-order valence-electron chi connectivity index (χ1n) is 15.9. The van der Waals surface area contributed by atoms with E-state index in [1.165, 1.54) is 0 Å². The lowest BCUT2D eigenvalue weighted by Crippen LogP contribution is -2.34. The number of ether oxygens (including phenoxy) is 2. The number of carbonyl (C=O) groups is 2. The van der Waals surface area contributed by atoms with Gasteiger partial charge in [-0.3, -0.25) is 10.1 Å². The molecule has 1 unspecified atom stereocenters. The lowest BCUT2D eigenvalue weighted by Gasteiger charge is -2.31. The van der Waals surface area contributed by atoms with Crippen LogP contribution in [0.25, 0.3) is 5.69 Å². The minimum Gasteiger partial charge on any atom is -0.493 e. The maximum Gasteiger partial charge on any atom is 0.324 e. The number of aromatic nitrogens is 2. The van der Waals surface area contributed by atoms with Crippen molar-refractivity contribution in [2.24, 2.45) is 5.92 Å². The van der Waals surface area contributed by atoms with E-state index in [4.69, 9.17) is 14.6 Å². The van der Waals surface area contributed by atoms with E-state index >= 15 is 0 Å². The van der Waals surface area contributed by atoms with E-state index in [9.17, 15) is 9.59 Å². The number of hydrogen-bond acceptors (Lipinski definition) is 6. The Morgan fingerprint density at radius 2 is 1.67 bits per heavy atom. The molecule has 0 aliphatic carbocycles. The van der Waals surface area contributed by atoms with Crippen molar-refractivity contribution in [3.05, 3.63) is 95.2 Å². The lowest BCUT2D eigenvalue weighted by atomic mass is 9.76. The first-order chi connectivity index (χ1) is 22.1. The van der Waals surface area contributed by atoms with Gasteiger partial charge < -0.3 is 20.1 Å². The smallest absolute Gasteiger partial charge is 0.324 e. The van der Waals surface area contributed by atoms with Gasteiger partial charge in [0, 0.05) is 35.1 Å². The number of anilines is 2. The summed E-state index contributed by atoms with van der Waals surface area (Å²) >= 11 is 0. The van der Waals surface area contributed by atoms with Crippen LogP contribution < -0.4 is 25.4 Å². The van der Waals surface area contributed by atoms with Gasteiger partial charge in [-0.1, -0.05) is 68.8 Å². The van der Waals surface area contributed by atoms with Crippen LogP contribution in [0, 0.1) is 12.8 Å². The number of nitrogens with one attached hydrogen (secondary N) is 3. The van der Waals surface area contributed by atoms with E-state index in [0.717, 1.165) is 54.0 Å². The third-order valence-corrected chi connectivity index (χ3v) is 8.59.